The van der Waals surface area contributed by atoms with E-state index in [0.717, 1.165) is 33.9 Å². The predicted octanol–water partition coefficient (Wildman–Crippen LogP) is 4.58. The first-order valence-corrected chi connectivity index (χ1v) is 8.04. The second-order valence-electron chi connectivity index (χ2n) is 4.05. The van der Waals surface area contributed by atoms with Gasteiger partial charge in [0.25, 0.3) is 0 Å². The van der Waals surface area contributed by atoms with E-state index in [0.29, 0.717) is 5.02 Å². The molecule has 0 unspecified atom stereocenters. The van der Waals surface area contributed by atoms with Gasteiger partial charge in [-0.15, -0.1) is 22.7 Å². The monoisotopic (exact) mass is 309 g/mol. The van der Waals surface area contributed by atoms with Crippen molar-refractivity contribution in [2.24, 2.45) is 0 Å². The molecule has 2 heterocycles. The van der Waals surface area contributed by atoms with Crippen LogP contribution in [-0.2, 0) is 13.0 Å². The number of aryl methyl sites for hydroxylation is 1. The lowest BCUT2D eigenvalue weighted by Gasteiger charge is -2.07. The number of fused-ring (bicyclic) bond motifs is 1. The van der Waals surface area contributed by atoms with Crippen LogP contribution >= 0.6 is 34.3 Å². The van der Waals surface area contributed by atoms with Gasteiger partial charge in [0, 0.05) is 11.1 Å². The Balaban J connectivity index is 1.84. The summed E-state index contributed by atoms with van der Waals surface area (Å²) in [5.74, 6) is 0. The van der Waals surface area contributed by atoms with Gasteiger partial charge in [0.2, 0.25) is 0 Å². The molecule has 0 aliphatic heterocycles. The van der Waals surface area contributed by atoms with Crippen LogP contribution in [0.3, 0.4) is 0 Å². The molecule has 0 radical (unpaired) electrons. The van der Waals surface area contributed by atoms with E-state index in [4.69, 9.17) is 11.6 Å². The first-order chi connectivity index (χ1) is 9.28. The zero-order valence-corrected chi connectivity index (χ0v) is 12.7. The SMILES string of the molecule is CCc1ncc(CNc2c(Cl)ccc3scnc23)s1. The Morgan fingerprint density at radius 2 is 2.21 bits per heavy atom. The quantitative estimate of drug-likeness (QED) is 0.766. The molecule has 1 aromatic carbocycles. The van der Waals surface area contributed by atoms with Crippen LogP contribution in [-0.4, -0.2) is 9.97 Å². The van der Waals surface area contributed by atoms with Crippen LogP contribution < -0.4 is 5.32 Å². The van der Waals surface area contributed by atoms with Gasteiger partial charge in [0.1, 0.15) is 5.52 Å². The Morgan fingerprint density at radius 1 is 1.32 bits per heavy atom. The minimum atomic E-state index is 0.707. The smallest absolute Gasteiger partial charge is 0.106 e. The van der Waals surface area contributed by atoms with E-state index in [2.05, 4.69) is 22.2 Å². The maximum absolute atomic E-state index is 6.25. The summed E-state index contributed by atoms with van der Waals surface area (Å²) < 4.78 is 1.14. The van der Waals surface area contributed by atoms with Crippen molar-refractivity contribution in [3.63, 3.8) is 0 Å². The molecule has 0 amide bonds. The van der Waals surface area contributed by atoms with Gasteiger partial charge < -0.3 is 5.32 Å². The molecule has 3 rings (SSSR count). The number of hydrogen-bond acceptors (Lipinski definition) is 5. The van der Waals surface area contributed by atoms with Gasteiger partial charge in [0.05, 0.1) is 32.5 Å². The minimum Gasteiger partial charge on any atom is -0.377 e. The van der Waals surface area contributed by atoms with Gasteiger partial charge in [0.15, 0.2) is 0 Å². The van der Waals surface area contributed by atoms with Crippen LogP contribution in [0.2, 0.25) is 5.02 Å². The maximum Gasteiger partial charge on any atom is 0.106 e. The lowest BCUT2D eigenvalue weighted by Crippen LogP contribution is -1.98. The first kappa shape index (κ1) is 12.8. The minimum absolute atomic E-state index is 0.707. The largest absolute Gasteiger partial charge is 0.377 e. The van der Waals surface area contributed by atoms with E-state index in [1.807, 2.05) is 23.8 Å². The highest BCUT2D eigenvalue weighted by molar-refractivity contribution is 7.16. The molecule has 1 N–H and O–H groups in total. The third-order valence-corrected chi connectivity index (χ3v) is 5.05. The fraction of sp³-hybridized carbons (Fsp3) is 0.231. The van der Waals surface area contributed by atoms with Crippen molar-refractivity contribution < 1.29 is 0 Å². The predicted molar refractivity (Wildman–Crippen MR) is 83.4 cm³/mol. The summed E-state index contributed by atoms with van der Waals surface area (Å²) in [4.78, 5) is 9.93. The lowest BCUT2D eigenvalue weighted by molar-refractivity contribution is 1.09. The second kappa shape index (κ2) is 5.45. The number of thiazole rings is 2. The average molecular weight is 310 g/mol. The van der Waals surface area contributed by atoms with Gasteiger partial charge in [-0.3, -0.25) is 0 Å². The van der Waals surface area contributed by atoms with Crippen molar-refractivity contribution >= 4 is 50.2 Å². The topological polar surface area (TPSA) is 37.8 Å². The molecule has 2 aromatic heterocycles. The molecule has 0 aliphatic carbocycles. The Morgan fingerprint density at radius 3 is 3.00 bits per heavy atom. The van der Waals surface area contributed by atoms with E-state index in [-0.39, 0.29) is 0 Å². The summed E-state index contributed by atoms with van der Waals surface area (Å²) in [5.41, 5.74) is 3.69. The molecule has 0 saturated heterocycles. The van der Waals surface area contributed by atoms with Crippen molar-refractivity contribution in [1.82, 2.24) is 9.97 Å². The van der Waals surface area contributed by atoms with E-state index in [9.17, 15) is 0 Å². The van der Waals surface area contributed by atoms with Crippen LogP contribution in [0, 0.1) is 0 Å². The maximum atomic E-state index is 6.25. The van der Waals surface area contributed by atoms with Crippen molar-refractivity contribution in [3.8, 4) is 0 Å². The Kier molecular flexibility index (Phi) is 3.68. The molecule has 0 aliphatic rings. The van der Waals surface area contributed by atoms with Gasteiger partial charge in [-0.25, -0.2) is 9.97 Å². The molecule has 3 nitrogen and oxygen atoms in total. The summed E-state index contributed by atoms with van der Waals surface area (Å²) in [6, 6.07) is 3.91. The Bertz CT molecular complexity index is 705. The summed E-state index contributed by atoms with van der Waals surface area (Å²) in [6.07, 6.45) is 2.90. The molecule has 0 atom stereocenters. The van der Waals surface area contributed by atoms with Crippen LogP contribution in [0.5, 0.6) is 0 Å². The van der Waals surface area contributed by atoms with Crippen LogP contribution in [0.15, 0.2) is 23.8 Å². The molecular weight excluding hydrogens is 298 g/mol. The first-order valence-electron chi connectivity index (χ1n) is 5.97. The summed E-state index contributed by atoms with van der Waals surface area (Å²) >= 11 is 9.60. The molecule has 19 heavy (non-hydrogen) atoms. The van der Waals surface area contributed by atoms with Crippen molar-refractivity contribution in [1.29, 1.82) is 0 Å². The summed E-state index contributed by atoms with van der Waals surface area (Å²) in [5, 5.41) is 5.25. The molecule has 0 bridgehead atoms. The average Bonchev–Trinajstić information content (AvgIpc) is 3.05. The zero-order chi connectivity index (χ0) is 13.2. The summed E-state index contributed by atoms with van der Waals surface area (Å²) in [6.45, 7) is 2.84. The lowest BCUT2D eigenvalue weighted by atomic mass is 10.3. The number of rotatable bonds is 4. The number of benzene rings is 1. The standard InChI is InChI=1S/C13H12ClN3S2/c1-2-11-15-5-8(19-11)6-16-12-9(14)3-4-10-13(12)17-7-18-10/h3-5,7,16H,2,6H2,1H3. The van der Waals surface area contributed by atoms with E-state index < -0.39 is 0 Å². The molecule has 3 aromatic rings. The highest BCUT2D eigenvalue weighted by Crippen LogP contribution is 2.32. The van der Waals surface area contributed by atoms with E-state index in [1.165, 1.54) is 4.88 Å². The normalized spacial score (nSPS) is 11.1. The molecule has 6 heteroatoms. The van der Waals surface area contributed by atoms with Gasteiger partial charge in [-0.05, 0) is 18.6 Å². The second-order valence-corrected chi connectivity index (χ2v) is 6.54. The highest BCUT2D eigenvalue weighted by Gasteiger charge is 2.09. The number of nitrogens with one attached hydrogen (secondary N) is 1. The zero-order valence-electron chi connectivity index (χ0n) is 10.3. The third kappa shape index (κ3) is 2.59. The Labute approximate surface area is 124 Å². The number of aromatic nitrogens is 2. The van der Waals surface area contributed by atoms with Gasteiger partial charge in [-0.2, -0.15) is 0 Å². The molecule has 98 valence electrons. The molecular formula is C13H12ClN3S2. The van der Waals surface area contributed by atoms with Crippen molar-refractivity contribution in [2.45, 2.75) is 19.9 Å². The number of halogens is 1. The number of hydrogen-bond donors (Lipinski definition) is 1. The van der Waals surface area contributed by atoms with Crippen LogP contribution in [0.4, 0.5) is 5.69 Å². The van der Waals surface area contributed by atoms with E-state index >= 15 is 0 Å². The van der Waals surface area contributed by atoms with E-state index in [1.54, 1.807) is 22.7 Å². The van der Waals surface area contributed by atoms with Crippen LogP contribution in [0.25, 0.3) is 10.2 Å². The van der Waals surface area contributed by atoms with Crippen molar-refractivity contribution in [2.75, 3.05) is 5.32 Å². The molecule has 0 saturated carbocycles. The molecule has 0 fully saturated rings. The van der Waals surface area contributed by atoms with Gasteiger partial charge >= 0.3 is 0 Å². The van der Waals surface area contributed by atoms with Crippen LogP contribution in [0.1, 0.15) is 16.8 Å². The third-order valence-electron chi connectivity index (χ3n) is 2.79. The number of nitrogens with zero attached hydrogens (tertiary/aromatic N) is 2. The highest BCUT2D eigenvalue weighted by atomic mass is 35.5. The fourth-order valence-corrected chi connectivity index (χ4v) is 3.55. The molecule has 0 spiro atoms. The van der Waals surface area contributed by atoms with Crippen molar-refractivity contribution in [3.05, 3.63) is 38.7 Å². The summed E-state index contributed by atoms with van der Waals surface area (Å²) in [7, 11) is 0. The van der Waals surface area contributed by atoms with Gasteiger partial charge in [-0.1, -0.05) is 18.5 Å². The fourth-order valence-electron chi connectivity index (χ4n) is 1.84. The number of anilines is 1. The Hall–Kier alpha value is -1.17.